The second kappa shape index (κ2) is 7.33. The normalized spacial score (nSPS) is 27.3. The number of benzene rings is 2. The largest absolute Gasteiger partial charge is 0.416 e. The van der Waals surface area contributed by atoms with Crippen molar-refractivity contribution in [3.63, 3.8) is 0 Å². The molecule has 5 rings (SSSR count). The number of amides is 4. The summed E-state index contributed by atoms with van der Waals surface area (Å²) in [7, 11) is 1.29. The summed E-state index contributed by atoms with van der Waals surface area (Å²) in [6.45, 7) is 0.475. The minimum Gasteiger partial charge on any atom is -0.367 e. The first-order valence-corrected chi connectivity index (χ1v) is 10.8. The molecule has 4 amide bonds. The Labute approximate surface area is 188 Å². The predicted molar refractivity (Wildman–Crippen MR) is 113 cm³/mol. The molecule has 9 heteroatoms. The Morgan fingerprint density at radius 2 is 1.79 bits per heavy atom. The number of piperidine rings is 1. The maximum absolute atomic E-state index is 13.5. The number of nitrogens with one attached hydrogen (secondary N) is 1. The molecule has 0 aromatic heterocycles. The number of halogens is 3. The third-order valence-electron chi connectivity index (χ3n) is 7.24. The van der Waals surface area contributed by atoms with E-state index in [1.807, 2.05) is 35.2 Å². The molecule has 172 valence electrons. The van der Waals surface area contributed by atoms with Gasteiger partial charge in [0.15, 0.2) is 5.41 Å². The second-order valence-electron chi connectivity index (χ2n) is 8.95. The highest BCUT2D eigenvalue weighted by Gasteiger charge is 2.62. The molecule has 33 heavy (non-hydrogen) atoms. The molecular weight excluding hydrogens is 435 g/mol. The Morgan fingerprint density at radius 1 is 1.06 bits per heavy atom. The first-order valence-electron chi connectivity index (χ1n) is 10.8. The van der Waals surface area contributed by atoms with Gasteiger partial charge in [0.2, 0.25) is 11.8 Å². The molecule has 0 unspecified atom stereocenters. The molecule has 3 aliphatic heterocycles. The van der Waals surface area contributed by atoms with Crippen LogP contribution in [0.4, 0.5) is 23.7 Å². The number of carbonyl (C=O) groups excluding carboxylic acids is 3. The Kier molecular flexibility index (Phi) is 4.77. The number of barbiturate groups is 1. The van der Waals surface area contributed by atoms with Crippen LogP contribution < -0.4 is 10.2 Å². The van der Waals surface area contributed by atoms with E-state index < -0.39 is 41.0 Å². The van der Waals surface area contributed by atoms with E-state index in [1.165, 1.54) is 13.1 Å². The number of imide groups is 2. The minimum absolute atomic E-state index is 0.0730. The van der Waals surface area contributed by atoms with Crippen molar-refractivity contribution < 1.29 is 27.6 Å². The zero-order valence-electron chi connectivity index (χ0n) is 17.9. The van der Waals surface area contributed by atoms with Gasteiger partial charge in [0.05, 0.1) is 11.6 Å². The van der Waals surface area contributed by atoms with Crippen LogP contribution in [0.5, 0.6) is 0 Å². The lowest BCUT2D eigenvalue weighted by Gasteiger charge is -2.54. The molecular formula is C24H22F3N3O3. The Hall–Kier alpha value is -3.36. The average molecular weight is 457 g/mol. The van der Waals surface area contributed by atoms with E-state index in [2.05, 4.69) is 5.32 Å². The highest BCUT2D eigenvalue weighted by Crippen LogP contribution is 2.50. The van der Waals surface area contributed by atoms with Crippen LogP contribution in [0, 0.1) is 5.41 Å². The molecule has 2 aromatic carbocycles. The summed E-state index contributed by atoms with van der Waals surface area (Å²) in [4.78, 5) is 41.7. The summed E-state index contributed by atoms with van der Waals surface area (Å²) in [5.74, 6) is -1.35. The van der Waals surface area contributed by atoms with Crippen molar-refractivity contribution in [1.29, 1.82) is 0 Å². The number of hydrogen-bond donors (Lipinski definition) is 1. The molecule has 1 spiro atoms. The highest BCUT2D eigenvalue weighted by atomic mass is 19.4. The Balaban J connectivity index is 1.65. The fourth-order valence-electron chi connectivity index (χ4n) is 5.58. The number of alkyl halides is 3. The maximum atomic E-state index is 13.5. The predicted octanol–water partition coefficient (Wildman–Crippen LogP) is 3.71. The van der Waals surface area contributed by atoms with E-state index in [4.69, 9.17) is 0 Å². The first-order chi connectivity index (χ1) is 15.6. The van der Waals surface area contributed by atoms with Crippen LogP contribution in [-0.4, -0.2) is 42.4 Å². The van der Waals surface area contributed by atoms with Crippen molar-refractivity contribution in [3.05, 3.63) is 65.2 Å². The van der Waals surface area contributed by atoms with Gasteiger partial charge in [-0.3, -0.25) is 19.8 Å². The number of anilines is 1. The van der Waals surface area contributed by atoms with Crippen LogP contribution in [-0.2, 0) is 22.2 Å². The Bertz CT molecular complexity index is 1150. The number of nitrogens with zero attached hydrogens (tertiary/aromatic N) is 2. The lowest BCUT2D eigenvalue weighted by atomic mass is 9.64. The van der Waals surface area contributed by atoms with Crippen LogP contribution in [0.2, 0.25) is 0 Å². The summed E-state index contributed by atoms with van der Waals surface area (Å²) < 4.78 is 40.3. The van der Waals surface area contributed by atoms with Gasteiger partial charge in [-0.05, 0) is 54.5 Å². The van der Waals surface area contributed by atoms with Crippen molar-refractivity contribution in [2.45, 2.75) is 37.4 Å². The third-order valence-corrected chi connectivity index (χ3v) is 7.24. The molecule has 2 fully saturated rings. The first kappa shape index (κ1) is 21.5. The molecule has 1 N–H and O–H groups in total. The van der Waals surface area contributed by atoms with Gasteiger partial charge in [-0.2, -0.15) is 13.2 Å². The number of hydrogen-bond acceptors (Lipinski definition) is 4. The molecule has 2 saturated heterocycles. The van der Waals surface area contributed by atoms with Gasteiger partial charge < -0.3 is 4.90 Å². The topological polar surface area (TPSA) is 69.7 Å². The van der Waals surface area contributed by atoms with Crippen molar-refractivity contribution in [1.82, 2.24) is 10.2 Å². The zero-order chi connectivity index (χ0) is 23.5. The van der Waals surface area contributed by atoms with Crippen LogP contribution in [0.1, 0.15) is 35.4 Å². The fraction of sp³-hybridized carbons (Fsp3) is 0.375. The highest BCUT2D eigenvalue weighted by molar-refractivity contribution is 6.20. The lowest BCUT2D eigenvalue weighted by molar-refractivity contribution is -0.153. The average Bonchev–Trinajstić information content (AvgIpc) is 2.80. The number of fused-ring (bicyclic) bond motifs is 4. The number of rotatable bonds is 1. The molecule has 3 heterocycles. The molecule has 2 aromatic rings. The summed E-state index contributed by atoms with van der Waals surface area (Å²) in [5.41, 5.74) is -0.552. The van der Waals surface area contributed by atoms with E-state index >= 15 is 0 Å². The molecule has 0 saturated carbocycles. The van der Waals surface area contributed by atoms with Crippen molar-refractivity contribution in [2.75, 3.05) is 18.5 Å². The molecule has 0 bridgehead atoms. The smallest absolute Gasteiger partial charge is 0.367 e. The molecule has 3 atom stereocenters. The van der Waals surface area contributed by atoms with Crippen LogP contribution in [0.3, 0.4) is 0 Å². The van der Waals surface area contributed by atoms with Crippen molar-refractivity contribution in [3.8, 4) is 0 Å². The standard InChI is InChI=1S/C24H22F3N3O3/c1-29-21(32)23(20(31)28-22(29)33)13-16-11-17(24(25,26)27)7-8-18(16)30-10-9-15(12-19(23)30)14-5-3-2-4-6-14/h2-8,11,15,19H,9-10,12-13H2,1H3,(H,28,31,33)/t15-,19-,23+/m0/s1. The van der Waals surface area contributed by atoms with Gasteiger partial charge in [0, 0.05) is 19.3 Å². The number of urea groups is 1. The second-order valence-corrected chi connectivity index (χ2v) is 8.95. The number of carbonyl (C=O) groups is 3. The minimum atomic E-state index is -4.55. The SMILES string of the molecule is CN1C(=O)NC(=O)[C@]2(Cc3cc(C(F)(F)F)ccc3N3CC[C@H](c4ccccc4)C[C@H]32)C1=O. The van der Waals surface area contributed by atoms with Gasteiger partial charge in [-0.15, -0.1) is 0 Å². The van der Waals surface area contributed by atoms with Crippen LogP contribution >= 0.6 is 0 Å². The lowest BCUT2D eigenvalue weighted by Crippen LogP contribution is -2.72. The van der Waals surface area contributed by atoms with Crippen LogP contribution in [0.15, 0.2) is 48.5 Å². The molecule has 0 aliphatic carbocycles. The van der Waals surface area contributed by atoms with Gasteiger partial charge in [0.1, 0.15) is 0 Å². The third kappa shape index (κ3) is 3.20. The maximum Gasteiger partial charge on any atom is 0.416 e. The quantitative estimate of drug-likeness (QED) is 0.663. The summed E-state index contributed by atoms with van der Waals surface area (Å²) in [5, 5.41) is 2.26. The van der Waals surface area contributed by atoms with E-state index in [0.717, 1.165) is 29.0 Å². The van der Waals surface area contributed by atoms with E-state index in [0.29, 0.717) is 18.7 Å². The monoisotopic (exact) mass is 457 g/mol. The van der Waals surface area contributed by atoms with Gasteiger partial charge in [-0.1, -0.05) is 30.3 Å². The summed E-state index contributed by atoms with van der Waals surface area (Å²) in [6.07, 6.45) is -3.56. The van der Waals surface area contributed by atoms with Crippen molar-refractivity contribution in [2.24, 2.45) is 5.41 Å². The Morgan fingerprint density at radius 3 is 2.48 bits per heavy atom. The van der Waals surface area contributed by atoms with Crippen molar-refractivity contribution >= 4 is 23.5 Å². The van der Waals surface area contributed by atoms with Gasteiger partial charge >= 0.3 is 12.2 Å². The molecule has 6 nitrogen and oxygen atoms in total. The van der Waals surface area contributed by atoms with Gasteiger partial charge in [-0.25, -0.2) is 4.79 Å². The van der Waals surface area contributed by atoms with Gasteiger partial charge in [0.25, 0.3) is 0 Å². The fourth-order valence-corrected chi connectivity index (χ4v) is 5.58. The molecule has 0 radical (unpaired) electrons. The van der Waals surface area contributed by atoms with Crippen LogP contribution in [0.25, 0.3) is 0 Å². The summed E-state index contributed by atoms with van der Waals surface area (Å²) in [6, 6.07) is 11.8. The van der Waals surface area contributed by atoms with E-state index in [9.17, 15) is 27.6 Å². The summed E-state index contributed by atoms with van der Waals surface area (Å²) >= 11 is 0. The molecule has 3 aliphatic rings. The zero-order valence-corrected chi connectivity index (χ0v) is 17.9. The van der Waals surface area contributed by atoms with E-state index in [-0.39, 0.29) is 17.9 Å². The van der Waals surface area contributed by atoms with E-state index in [1.54, 1.807) is 0 Å².